The maximum Gasteiger partial charge on any atom is 0.445 e. The first kappa shape index (κ1) is 17.7. The number of nitrogens with zero attached hydrogens (tertiary/aromatic N) is 4. The molecule has 24 heavy (non-hydrogen) atoms. The molecule has 0 fully saturated rings. The van der Waals surface area contributed by atoms with Crippen molar-refractivity contribution < 1.29 is 21.6 Å². The average molecular weight is 438 g/mol. The molecule has 3 aromatic rings. The molecule has 0 amide bonds. The van der Waals surface area contributed by atoms with Crippen molar-refractivity contribution in [3.8, 4) is 10.8 Å². The standard InChI is InChI=1S/C10H2Cl3F3N4O2S2/c11-4-1-3(24(13,21)22)2-20-5(4)6(12)17-7(20)8-18-19-9(23-8)10(14,15)16/h1-2H. The molecule has 3 aromatic heterocycles. The van der Waals surface area contributed by atoms with Gasteiger partial charge in [-0.15, -0.1) is 10.2 Å². The molecule has 3 rings (SSSR count). The fraction of sp³-hybridized carbons (Fsp3) is 0.100. The highest BCUT2D eigenvalue weighted by Crippen LogP contribution is 2.37. The number of hydrogen-bond donors (Lipinski definition) is 0. The fourth-order valence-corrected chi connectivity index (χ4v) is 3.94. The second-order valence-electron chi connectivity index (χ2n) is 4.32. The van der Waals surface area contributed by atoms with Gasteiger partial charge in [0, 0.05) is 16.9 Å². The third-order valence-corrected chi connectivity index (χ3v) is 5.60. The third-order valence-electron chi connectivity index (χ3n) is 2.76. The zero-order valence-electron chi connectivity index (χ0n) is 10.8. The maximum atomic E-state index is 12.7. The van der Waals surface area contributed by atoms with Crippen molar-refractivity contribution >= 4 is 59.8 Å². The minimum atomic E-state index is -4.67. The highest BCUT2D eigenvalue weighted by atomic mass is 35.7. The SMILES string of the molecule is O=S(=O)(Cl)c1cc(Cl)c2c(Cl)nc(-c3nnc(C(F)(F)F)s3)n2c1. The van der Waals surface area contributed by atoms with Crippen molar-refractivity contribution in [3.05, 3.63) is 27.4 Å². The summed E-state index contributed by atoms with van der Waals surface area (Å²) < 4.78 is 62.0. The van der Waals surface area contributed by atoms with Crippen molar-refractivity contribution in [3.63, 3.8) is 0 Å². The van der Waals surface area contributed by atoms with Crippen LogP contribution in [0.25, 0.3) is 16.3 Å². The van der Waals surface area contributed by atoms with E-state index >= 15 is 0 Å². The van der Waals surface area contributed by atoms with Crippen LogP contribution in [0.3, 0.4) is 0 Å². The molecule has 0 radical (unpaired) electrons. The van der Waals surface area contributed by atoms with Crippen LogP contribution in [-0.2, 0) is 15.2 Å². The molecule has 0 aromatic carbocycles. The van der Waals surface area contributed by atoms with Gasteiger partial charge in [-0.1, -0.05) is 34.5 Å². The molecule has 0 unspecified atom stereocenters. The predicted molar refractivity (Wildman–Crippen MR) is 82.2 cm³/mol. The molecule has 0 atom stereocenters. The van der Waals surface area contributed by atoms with Crippen LogP contribution in [-0.4, -0.2) is 28.0 Å². The van der Waals surface area contributed by atoms with Crippen molar-refractivity contribution in [2.24, 2.45) is 0 Å². The summed E-state index contributed by atoms with van der Waals surface area (Å²) in [5.74, 6) is -0.146. The van der Waals surface area contributed by atoms with Crippen LogP contribution in [0.4, 0.5) is 13.2 Å². The summed E-state index contributed by atoms with van der Waals surface area (Å²) in [6, 6.07) is 1.05. The minimum absolute atomic E-state index is 0.0963. The number of rotatable bonds is 2. The smallest absolute Gasteiger partial charge is 0.293 e. The van der Waals surface area contributed by atoms with Crippen LogP contribution in [0.15, 0.2) is 17.2 Å². The Balaban J connectivity index is 2.29. The van der Waals surface area contributed by atoms with Gasteiger partial charge in [0.15, 0.2) is 16.0 Å². The molecule has 0 N–H and O–H groups in total. The van der Waals surface area contributed by atoms with Gasteiger partial charge in [0.1, 0.15) is 10.4 Å². The predicted octanol–water partition coefficient (Wildman–Crippen LogP) is 4.11. The molecular formula is C10H2Cl3F3N4O2S2. The summed E-state index contributed by atoms with van der Waals surface area (Å²) in [6.07, 6.45) is -3.64. The second kappa shape index (κ2) is 5.70. The van der Waals surface area contributed by atoms with Crippen LogP contribution in [0.2, 0.25) is 10.2 Å². The Morgan fingerprint density at radius 1 is 1.21 bits per heavy atom. The maximum absolute atomic E-state index is 12.7. The first-order valence-electron chi connectivity index (χ1n) is 5.71. The lowest BCUT2D eigenvalue weighted by molar-refractivity contribution is -0.138. The fourth-order valence-electron chi connectivity index (χ4n) is 1.81. The molecule has 128 valence electrons. The van der Waals surface area contributed by atoms with Crippen molar-refractivity contribution in [2.45, 2.75) is 11.1 Å². The molecule has 14 heteroatoms. The Morgan fingerprint density at radius 2 is 1.88 bits per heavy atom. The van der Waals surface area contributed by atoms with E-state index in [1.165, 1.54) is 0 Å². The summed E-state index contributed by atoms with van der Waals surface area (Å²) >= 11 is 12.1. The number of alkyl halides is 3. The van der Waals surface area contributed by atoms with Crippen LogP contribution >= 0.6 is 45.2 Å². The van der Waals surface area contributed by atoms with Crippen molar-refractivity contribution in [1.29, 1.82) is 0 Å². The quantitative estimate of drug-likeness (QED) is 0.564. The number of hydrogen-bond acceptors (Lipinski definition) is 6. The molecule has 0 spiro atoms. The summed E-state index contributed by atoms with van der Waals surface area (Å²) in [4.78, 5) is 3.51. The van der Waals surface area contributed by atoms with Gasteiger partial charge in [-0.2, -0.15) is 13.2 Å². The van der Waals surface area contributed by atoms with E-state index in [4.69, 9.17) is 33.9 Å². The van der Waals surface area contributed by atoms with Crippen molar-refractivity contribution in [1.82, 2.24) is 19.6 Å². The Morgan fingerprint density at radius 3 is 2.42 bits per heavy atom. The van der Waals surface area contributed by atoms with E-state index in [0.29, 0.717) is 0 Å². The Kier molecular flexibility index (Phi) is 4.20. The van der Waals surface area contributed by atoms with Gasteiger partial charge in [0.05, 0.1) is 5.02 Å². The number of aromatic nitrogens is 4. The van der Waals surface area contributed by atoms with E-state index in [9.17, 15) is 21.6 Å². The topological polar surface area (TPSA) is 77.2 Å². The zero-order chi connectivity index (χ0) is 17.9. The largest absolute Gasteiger partial charge is 0.445 e. The minimum Gasteiger partial charge on any atom is -0.293 e. The van der Waals surface area contributed by atoms with E-state index in [2.05, 4.69) is 15.2 Å². The van der Waals surface area contributed by atoms with Gasteiger partial charge in [-0.05, 0) is 6.07 Å². The lowest BCUT2D eigenvalue weighted by Crippen LogP contribution is -2.03. The summed E-state index contributed by atoms with van der Waals surface area (Å²) in [5, 5.41) is 4.82. The summed E-state index contributed by atoms with van der Waals surface area (Å²) in [7, 11) is 1.13. The molecule has 3 heterocycles. The molecule has 0 aliphatic rings. The Labute approximate surface area is 150 Å². The summed E-state index contributed by atoms with van der Waals surface area (Å²) in [5.41, 5.74) is 0.0983. The van der Waals surface area contributed by atoms with Crippen molar-refractivity contribution in [2.75, 3.05) is 0 Å². The zero-order valence-corrected chi connectivity index (χ0v) is 14.7. The Bertz CT molecular complexity index is 1060. The van der Waals surface area contributed by atoms with Gasteiger partial charge >= 0.3 is 6.18 Å². The lowest BCUT2D eigenvalue weighted by Gasteiger charge is -2.03. The molecular weight excluding hydrogens is 436 g/mol. The lowest BCUT2D eigenvalue weighted by atomic mass is 10.4. The molecule has 0 saturated carbocycles. The van der Waals surface area contributed by atoms with Crippen LogP contribution in [0, 0.1) is 0 Å². The van der Waals surface area contributed by atoms with Crippen LogP contribution in [0.5, 0.6) is 0 Å². The highest BCUT2D eigenvalue weighted by Gasteiger charge is 2.36. The van der Waals surface area contributed by atoms with Crippen LogP contribution in [0.1, 0.15) is 5.01 Å². The molecule has 0 bridgehead atoms. The van der Waals surface area contributed by atoms with E-state index in [1.54, 1.807) is 0 Å². The highest BCUT2D eigenvalue weighted by molar-refractivity contribution is 8.13. The van der Waals surface area contributed by atoms with E-state index in [0.717, 1.165) is 16.7 Å². The van der Waals surface area contributed by atoms with Gasteiger partial charge in [0.2, 0.25) is 5.01 Å². The van der Waals surface area contributed by atoms with Gasteiger partial charge in [0.25, 0.3) is 9.05 Å². The normalized spacial score (nSPS) is 12.9. The Hall–Kier alpha value is -1.14. The number of halogens is 6. The first-order valence-corrected chi connectivity index (χ1v) is 9.59. The van der Waals surface area contributed by atoms with Gasteiger partial charge < -0.3 is 0 Å². The molecule has 6 nitrogen and oxygen atoms in total. The molecule has 0 aliphatic heterocycles. The average Bonchev–Trinajstić information content (AvgIpc) is 3.02. The molecule has 0 aliphatic carbocycles. The number of pyridine rings is 1. The first-order chi connectivity index (χ1) is 11.0. The van der Waals surface area contributed by atoms with Gasteiger partial charge in [-0.3, -0.25) is 4.40 Å². The molecule has 0 saturated heterocycles. The third kappa shape index (κ3) is 3.06. The number of fused-ring (bicyclic) bond motifs is 1. The van der Waals surface area contributed by atoms with Crippen LogP contribution < -0.4 is 0 Å². The van der Waals surface area contributed by atoms with E-state index in [1.807, 2.05) is 0 Å². The van der Waals surface area contributed by atoms with E-state index < -0.39 is 20.2 Å². The summed E-state index contributed by atoms with van der Waals surface area (Å²) in [6.45, 7) is 0. The monoisotopic (exact) mass is 436 g/mol. The second-order valence-corrected chi connectivity index (χ2v) is 8.63. The van der Waals surface area contributed by atoms with Gasteiger partial charge in [-0.25, -0.2) is 13.4 Å². The van der Waals surface area contributed by atoms with E-state index in [-0.39, 0.29) is 42.8 Å². The number of imidazole rings is 1.